The maximum absolute atomic E-state index is 5.14. The minimum absolute atomic E-state index is 0. The van der Waals surface area contributed by atoms with Crippen LogP contribution in [0.3, 0.4) is 0 Å². The van der Waals surface area contributed by atoms with E-state index in [1.807, 2.05) is 147 Å². The van der Waals surface area contributed by atoms with Crippen molar-refractivity contribution < 1.29 is 39.0 Å². The summed E-state index contributed by atoms with van der Waals surface area (Å²) in [5.74, 6) is 0. The zero-order valence-electron chi connectivity index (χ0n) is 50.1. The zero-order chi connectivity index (χ0) is 60.7. The van der Waals surface area contributed by atoms with Gasteiger partial charge in [-0.2, -0.15) is 0 Å². The van der Waals surface area contributed by atoms with Crippen LogP contribution in [0.15, 0.2) is 244 Å². The second-order valence-electron chi connectivity index (χ2n) is 21.9. The van der Waals surface area contributed by atoms with Crippen LogP contribution >= 0.6 is 0 Å². The number of pyridine rings is 12. The second-order valence-corrected chi connectivity index (χ2v) is 21.9. The van der Waals surface area contributed by atoms with E-state index in [2.05, 4.69) is 160 Å². The molecule has 0 spiro atoms. The molecule has 0 N–H and O–H groups in total. The fourth-order valence-electron chi connectivity index (χ4n) is 12.1. The maximum atomic E-state index is 5.14. The van der Waals surface area contributed by atoms with E-state index in [0.717, 1.165) is 131 Å². The molecule has 0 aliphatic carbocycles. The third kappa shape index (κ3) is 11.0. The van der Waals surface area contributed by atoms with Gasteiger partial charge in [0.05, 0.1) is 88.3 Å². The van der Waals surface area contributed by atoms with Crippen molar-refractivity contribution in [2.24, 2.45) is 0 Å². The molecule has 19 rings (SSSR count). The van der Waals surface area contributed by atoms with Crippen molar-refractivity contribution in [3.63, 3.8) is 0 Å². The number of aromatic nitrogens is 14. The van der Waals surface area contributed by atoms with E-state index in [4.69, 9.17) is 9.97 Å². The van der Waals surface area contributed by atoms with Crippen molar-refractivity contribution >= 4 is 153 Å². The predicted molar refractivity (Wildman–Crippen MR) is 365 cm³/mol. The molecule has 16 heteroatoms. The third-order valence-electron chi connectivity index (χ3n) is 16.3. The number of hydrogen-bond donors (Lipinski definition) is 0. The largest absolute Gasteiger partial charge is 0.254 e. The molecule has 442 valence electrons. The Hall–Kier alpha value is -10.9. The van der Waals surface area contributed by atoms with Crippen LogP contribution in [0.2, 0.25) is 0 Å². The summed E-state index contributed by atoms with van der Waals surface area (Å²) in [6.45, 7) is 8.43. The van der Waals surface area contributed by atoms with Crippen molar-refractivity contribution in [3.05, 3.63) is 266 Å². The first-order valence-electron chi connectivity index (χ1n) is 29.4. The molecule has 0 amide bonds. The van der Waals surface area contributed by atoms with Gasteiger partial charge in [-0.3, -0.25) is 59.8 Å². The van der Waals surface area contributed by atoms with Gasteiger partial charge in [-0.25, -0.2) is 9.97 Å². The number of fused-ring (bicyclic) bond motifs is 24. The van der Waals surface area contributed by atoms with Gasteiger partial charge in [-0.1, -0.05) is 48.5 Å². The molecular weight excluding hydrogens is 1310 g/mol. The summed E-state index contributed by atoms with van der Waals surface area (Å²) in [4.78, 5) is 63.9. The summed E-state index contributed by atoms with van der Waals surface area (Å²) < 4.78 is 0. The third-order valence-corrected chi connectivity index (χ3v) is 16.3. The average molecular weight is 1360 g/mol. The van der Waals surface area contributed by atoms with E-state index in [1.165, 1.54) is 43.8 Å². The van der Waals surface area contributed by atoms with E-state index < -0.39 is 0 Å². The molecule has 13 heterocycles. The Morgan fingerprint density at radius 3 is 0.522 bits per heavy atom. The summed E-state index contributed by atoms with van der Waals surface area (Å²) in [6.07, 6.45) is 21.7. The first kappa shape index (κ1) is 60.0. The Morgan fingerprint density at radius 1 is 0.174 bits per heavy atom. The Kier molecular flexibility index (Phi) is 16.9. The van der Waals surface area contributed by atoms with Gasteiger partial charge in [-0.05, 0) is 171 Å². The van der Waals surface area contributed by atoms with Crippen LogP contribution in [-0.4, -0.2) is 69.8 Å². The molecule has 0 saturated carbocycles. The van der Waals surface area contributed by atoms with E-state index in [0.29, 0.717) is 0 Å². The number of rotatable bonds is 0. The predicted octanol–water partition coefficient (Wildman–Crippen LogP) is 17.3. The van der Waals surface area contributed by atoms with Gasteiger partial charge < -0.3 is 0 Å². The minimum Gasteiger partial charge on any atom is -0.254 e. The molecule has 0 fully saturated rings. The molecule has 0 radical (unpaired) electrons. The monoisotopic (exact) mass is 1360 g/mol. The van der Waals surface area contributed by atoms with Crippen molar-refractivity contribution in [3.8, 4) is 0 Å². The minimum atomic E-state index is 0. The molecule has 92 heavy (non-hydrogen) atoms. The number of hydrogen-bond acceptors (Lipinski definition) is 14. The molecule has 13 aromatic heterocycles. The molecule has 0 aliphatic rings. The van der Waals surface area contributed by atoms with Crippen LogP contribution in [0.4, 0.5) is 0 Å². The van der Waals surface area contributed by atoms with Crippen molar-refractivity contribution in [2.75, 3.05) is 0 Å². The zero-order valence-corrected chi connectivity index (χ0v) is 53.5. The van der Waals surface area contributed by atoms with Gasteiger partial charge >= 0.3 is 0 Å². The van der Waals surface area contributed by atoms with E-state index in [-0.39, 0.29) is 39.0 Å². The van der Waals surface area contributed by atoms with E-state index >= 15 is 0 Å². The van der Waals surface area contributed by atoms with Gasteiger partial charge in [0, 0.05) is 178 Å². The number of aryl methyl sites for hydroxylation is 4. The Labute approximate surface area is 552 Å². The topological polar surface area (TPSA) is 180 Å². The van der Waals surface area contributed by atoms with E-state index in [9.17, 15) is 0 Å². The summed E-state index contributed by atoms with van der Waals surface area (Å²) in [7, 11) is 0. The summed E-state index contributed by atoms with van der Waals surface area (Å²) in [5.41, 5.74) is 19.5. The van der Waals surface area contributed by atoms with Crippen molar-refractivity contribution in [2.45, 2.75) is 27.7 Å². The molecule has 6 aromatic carbocycles. The maximum Gasteiger partial charge on any atom is 0.0996 e. The average Bonchev–Trinajstić information content (AvgIpc) is 0.724. The van der Waals surface area contributed by atoms with Gasteiger partial charge in [0.25, 0.3) is 0 Å². The second kappa shape index (κ2) is 25.9. The summed E-state index contributed by atoms with van der Waals surface area (Å²) >= 11 is 0. The van der Waals surface area contributed by atoms with Crippen LogP contribution in [-0.2, 0) is 39.0 Å². The fraction of sp³-hybridized carbons (Fsp3) is 0.0526. The van der Waals surface area contributed by atoms with Gasteiger partial charge in [-0.15, -0.1) is 0 Å². The van der Waals surface area contributed by atoms with Gasteiger partial charge in [0.1, 0.15) is 0 Å². The van der Waals surface area contributed by atoms with Crippen LogP contribution in [0.5, 0.6) is 0 Å². The van der Waals surface area contributed by atoms with Crippen molar-refractivity contribution in [1.29, 1.82) is 0 Å². The number of benzene rings is 6. The smallest absolute Gasteiger partial charge is 0.0996 e. The molecular formula is C76H52N14Ru2. The van der Waals surface area contributed by atoms with Gasteiger partial charge in [0.2, 0.25) is 0 Å². The van der Waals surface area contributed by atoms with Crippen LogP contribution in [0.1, 0.15) is 22.3 Å². The Morgan fingerprint density at radius 2 is 0.326 bits per heavy atom. The Balaban J connectivity index is 0.000000109. The van der Waals surface area contributed by atoms with Gasteiger partial charge in [0.15, 0.2) is 0 Å². The van der Waals surface area contributed by atoms with Crippen molar-refractivity contribution in [1.82, 2.24) is 69.8 Å². The molecule has 19 aromatic rings. The first-order chi connectivity index (χ1) is 44.3. The van der Waals surface area contributed by atoms with Crippen LogP contribution in [0, 0.1) is 27.7 Å². The Bertz CT molecular complexity index is 5300. The quantitative estimate of drug-likeness (QED) is 0.0794. The molecule has 0 unspecified atom stereocenters. The fourth-order valence-corrected chi connectivity index (χ4v) is 12.1. The summed E-state index contributed by atoms with van der Waals surface area (Å²) in [5, 5.41) is 13.1. The normalized spacial score (nSPS) is 11.1. The molecule has 0 bridgehead atoms. The summed E-state index contributed by atoms with van der Waals surface area (Å²) in [6, 6.07) is 56.8. The molecule has 14 nitrogen and oxygen atoms in total. The number of nitrogens with zero attached hydrogens (tertiary/aromatic N) is 14. The van der Waals surface area contributed by atoms with Crippen LogP contribution in [0.25, 0.3) is 153 Å². The SMILES string of the molecule is Cc1cc2cccnc2c2ncccc12.Cc1cc2cccnc2c2ncccc12.Cc1cc2cccnc2c2ncccc12.Cc1cc2cccnc2c2ncccc12.[Ru].[Ru].c1cnc2c(c1)c1nc3c4cccnc4c4ncccc4c3nc1c1cccnc12. The first-order valence-corrected chi connectivity index (χ1v) is 29.4. The van der Waals surface area contributed by atoms with E-state index in [1.54, 1.807) is 24.8 Å². The molecule has 0 aliphatic heterocycles. The molecule has 0 saturated heterocycles. The standard InChI is InChI=1S/C24H12N6.4C13H10N2.2Ru/c1-5-13-17(25-9-1)18-14(6-2-10-26-18)22-21(13)29-23-15-7-3-11-27-19(15)20-16(24(23)30-22)8-4-12-28-20;4*1-9-8-10-4-2-6-14-12(10)13-11(9)5-3-7-15-13;;/h1-12H;4*2-8H,1H3;;. The van der Waals surface area contributed by atoms with Crippen LogP contribution < -0.4 is 0 Å². The molecule has 0 atom stereocenters.